The van der Waals surface area contributed by atoms with Crippen LogP contribution in [0.3, 0.4) is 0 Å². The standard InChI is InChI=1S/C23H37ClN4O2/c1-18-4-5-21(24)14-22(18)28-10-6-20(16-28)15-27-23(25-2)26-9-3-11-30-17-19-7-12-29-13-8-19/h4-5,14,19-20H,3,6-13,15-17H2,1-2H3,(H2,25,26,27). The molecule has 2 aliphatic rings. The number of hydrogen-bond donors (Lipinski definition) is 2. The second-order valence-corrected chi connectivity index (χ2v) is 8.83. The van der Waals surface area contributed by atoms with Gasteiger partial charge in [-0.25, -0.2) is 0 Å². The number of ether oxygens (including phenoxy) is 2. The molecule has 30 heavy (non-hydrogen) atoms. The molecule has 2 saturated heterocycles. The first-order chi connectivity index (χ1) is 14.7. The van der Waals surface area contributed by atoms with Gasteiger partial charge in [0.1, 0.15) is 0 Å². The third-order valence-electron chi connectivity index (χ3n) is 6.03. The van der Waals surface area contributed by atoms with Gasteiger partial charge in [0.2, 0.25) is 0 Å². The highest BCUT2D eigenvalue weighted by Crippen LogP contribution is 2.29. The fraction of sp³-hybridized carbons (Fsp3) is 0.696. The normalized spacial score (nSPS) is 20.6. The molecule has 0 aromatic heterocycles. The van der Waals surface area contributed by atoms with E-state index >= 15 is 0 Å². The lowest BCUT2D eigenvalue weighted by molar-refractivity contribution is 0.0203. The maximum Gasteiger partial charge on any atom is 0.190 e. The Morgan fingerprint density at radius 3 is 2.87 bits per heavy atom. The fourth-order valence-corrected chi connectivity index (χ4v) is 4.31. The lowest BCUT2D eigenvalue weighted by Crippen LogP contribution is -2.40. The van der Waals surface area contributed by atoms with Crippen molar-refractivity contribution in [3.05, 3.63) is 28.8 Å². The predicted octanol–water partition coefficient (Wildman–Crippen LogP) is 3.47. The van der Waals surface area contributed by atoms with E-state index in [1.54, 1.807) is 0 Å². The van der Waals surface area contributed by atoms with Gasteiger partial charge in [0.15, 0.2) is 5.96 Å². The van der Waals surface area contributed by atoms with E-state index in [0.717, 1.165) is 82.9 Å². The number of anilines is 1. The molecule has 1 atom stereocenters. The Hall–Kier alpha value is -1.50. The zero-order valence-electron chi connectivity index (χ0n) is 18.5. The van der Waals surface area contributed by atoms with Crippen LogP contribution in [0, 0.1) is 18.8 Å². The van der Waals surface area contributed by atoms with Crippen LogP contribution < -0.4 is 15.5 Å². The van der Waals surface area contributed by atoms with Gasteiger partial charge in [0.05, 0.1) is 0 Å². The van der Waals surface area contributed by atoms with Gasteiger partial charge in [-0.05, 0) is 62.1 Å². The second kappa shape index (κ2) is 12.4. The first-order valence-corrected chi connectivity index (χ1v) is 11.6. The van der Waals surface area contributed by atoms with Gasteiger partial charge in [0.25, 0.3) is 0 Å². The maximum absolute atomic E-state index is 6.20. The lowest BCUT2D eigenvalue weighted by Gasteiger charge is -2.22. The number of aryl methyl sites for hydroxylation is 1. The summed E-state index contributed by atoms with van der Waals surface area (Å²) in [4.78, 5) is 6.80. The van der Waals surface area contributed by atoms with Gasteiger partial charge in [-0.15, -0.1) is 0 Å². The van der Waals surface area contributed by atoms with Crippen molar-refractivity contribution in [3.63, 3.8) is 0 Å². The lowest BCUT2D eigenvalue weighted by atomic mass is 10.0. The van der Waals surface area contributed by atoms with Gasteiger partial charge in [-0.2, -0.15) is 0 Å². The van der Waals surface area contributed by atoms with Crippen LogP contribution in [0.2, 0.25) is 5.02 Å². The Balaban J connectivity index is 1.28. The molecule has 0 spiro atoms. The average Bonchev–Trinajstić information content (AvgIpc) is 3.24. The van der Waals surface area contributed by atoms with Crippen LogP contribution >= 0.6 is 11.6 Å². The Bertz CT molecular complexity index is 679. The monoisotopic (exact) mass is 436 g/mol. The smallest absolute Gasteiger partial charge is 0.190 e. The predicted molar refractivity (Wildman–Crippen MR) is 125 cm³/mol. The molecular formula is C23H37ClN4O2. The Morgan fingerprint density at radius 1 is 1.23 bits per heavy atom. The van der Waals surface area contributed by atoms with Gasteiger partial charge in [-0.1, -0.05) is 17.7 Å². The van der Waals surface area contributed by atoms with E-state index in [-0.39, 0.29) is 0 Å². The molecule has 2 N–H and O–H groups in total. The van der Waals surface area contributed by atoms with E-state index in [1.807, 2.05) is 13.1 Å². The first kappa shape index (κ1) is 23.2. The largest absolute Gasteiger partial charge is 0.381 e. The minimum Gasteiger partial charge on any atom is -0.381 e. The SMILES string of the molecule is CN=C(NCCCOCC1CCOCC1)NCC1CCN(c2cc(Cl)ccc2C)C1. The minimum absolute atomic E-state index is 0.602. The number of hydrogen-bond acceptors (Lipinski definition) is 4. The molecule has 0 aliphatic carbocycles. The quantitative estimate of drug-likeness (QED) is 0.352. The molecule has 3 rings (SSSR count). The summed E-state index contributed by atoms with van der Waals surface area (Å²) in [6, 6.07) is 6.14. The maximum atomic E-state index is 6.20. The molecule has 1 aromatic rings. The third kappa shape index (κ3) is 7.33. The van der Waals surface area contributed by atoms with Crippen molar-refractivity contribution in [3.8, 4) is 0 Å². The van der Waals surface area contributed by atoms with Crippen LogP contribution in [-0.2, 0) is 9.47 Å². The van der Waals surface area contributed by atoms with Crippen LogP contribution in [0.5, 0.6) is 0 Å². The summed E-state index contributed by atoms with van der Waals surface area (Å²) in [6.45, 7) is 9.48. The van der Waals surface area contributed by atoms with Crippen molar-refractivity contribution in [1.82, 2.24) is 10.6 Å². The van der Waals surface area contributed by atoms with Gasteiger partial charge in [0, 0.05) is 70.4 Å². The van der Waals surface area contributed by atoms with Crippen molar-refractivity contribution in [1.29, 1.82) is 0 Å². The second-order valence-electron chi connectivity index (χ2n) is 8.40. The van der Waals surface area contributed by atoms with Gasteiger partial charge < -0.3 is 25.0 Å². The zero-order chi connectivity index (χ0) is 21.2. The van der Waals surface area contributed by atoms with E-state index in [4.69, 9.17) is 21.1 Å². The summed E-state index contributed by atoms with van der Waals surface area (Å²) >= 11 is 6.20. The zero-order valence-corrected chi connectivity index (χ0v) is 19.2. The minimum atomic E-state index is 0.602. The van der Waals surface area contributed by atoms with E-state index in [9.17, 15) is 0 Å². The molecule has 2 aliphatic heterocycles. The molecule has 0 saturated carbocycles. The molecule has 6 nitrogen and oxygen atoms in total. The first-order valence-electron chi connectivity index (χ1n) is 11.3. The number of nitrogens with zero attached hydrogens (tertiary/aromatic N) is 2. The average molecular weight is 437 g/mol. The Kier molecular flexibility index (Phi) is 9.56. The van der Waals surface area contributed by atoms with Crippen molar-refractivity contribution in [2.24, 2.45) is 16.8 Å². The summed E-state index contributed by atoms with van der Waals surface area (Å²) < 4.78 is 11.2. The number of benzene rings is 1. The highest BCUT2D eigenvalue weighted by atomic mass is 35.5. The van der Waals surface area contributed by atoms with E-state index in [1.165, 1.54) is 17.7 Å². The van der Waals surface area contributed by atoms with Crippen molar-refractivity contribution in [2.75, 3.05) is 64.6 Å². The number of aliphatic imine (C=N–C) groups is 1. The molecule has 168 valence electrons. The highest BCUT2D eigenvalue weighted by Gasteiger charge is 2.24. The van der Waals surface area contributed by atoms with Gasteiger partial charge >= 0.3 is 0 Å². The van der Waals surface area contributed by atoms with Crippen LogP contribution in [0.25, 0.3) is 0 Å². The molecule has 0 amide bonds. The van der Waals surface area contributed by atoms with Crippen LogP contribution in [0.15, 0.2) is 23.2 Å². The van der Waals surface area contributed by atoms with E-state index in [2.05, 4.69) is 39.6 Å². The summed E-state index contributed by atoms with van der Waals surface area (Å²) in [7, 11) is 1.83. The molecule has 0 bridgehead atoms. The molecule has 7 heteroatoms. The Labute approximate surface area is 186 Å². The number of nitrogens with one attached hydrogen (secondary N) is 2. The van der Waals surface area contributed by atoms with Gasteiger partial charge in [-0.3, -0.25) is 4.99 Å². The van der Waals surface area contributed by atoms with Crippen LogP contribution in [0.1, 0.15) is 31.2 Å². The molecule has 1 aromatic carbocycles. The summed E-state index contributed by atoms with van der Waals surface area (Å²) in [5.74, 6) is 2.14. The fourth-order valence-electron chi connectivity index (χ4n) is 4.15. The van der Waals surface area contributed by atoms with Crippen LogP contribution in [0.4, 0.5) is 5.69 Å². The van der Waals surface area contributed by atoms with E-state index < -0.39 is 0 Å². The summed E-state index contributed by atoms with van der Waals surface area (Å²) in [6.07, 6.45) is 4.42. The van der Waals surface area contributed by atoms with Crippen molar-refractivity contribution in [2.45, 2.75) is 32.6 Å². The highest BCUT2D eigenvalue weighted by molar-refractivity contribution is 6.30. The summed E-state index contributed by atoms with van der Waals surface area (Å²) in [5.41, 5.74) is 2.54. The number of halogens is 1. The molecule has 2 heterocycles. The van der Waals surface area contributed by atoms with Crippen molar-refractivity contribution >= 4 is 23.2 Å². The topological polar surface area (TPSA) is 58.1 Å². The van der Waals surface area contributed by atoms with E-state index in [0.29, 0.717) is 11.8 Å². The molecular weight excluding hydrogens is 400 g/mol. The molecule has 2 fully saturated rings. The number of rotatable bonds is 9. The number of guanidine groups is 1. The molecule has 0 radical (unpaired) electrons. The van der Waals surface area contributed by atoms with Crippen molar-refractivity contribution < 1.29 is 9.47 Å². The third-order valence-corrected chi connectivity index (χ3v) is 6.27. The Morgan fingerprint density at radius 2 is 2.07 bits per heavy atom. The summed E-state index contributed by atoms with van der Waals surface area (Å²) in [5, 5.41) is 7.69. The van der Waals surface area contributed by atoms with Crippen LogP contribution in [-0.4, -0.2) is 65.6 Å². The molecule has 1 unspecified atom stereocenters.